The number of likely N-dealkylation sites (N-methyl/N-ethyl adjacent to an activating group) is 1. The van der Waals surface area contributed by atoms with E-state index in [9.17, 15) is 0 Å². The topological polar surface area (TPSA) is 16.4 Å². The zero-order valence-corrected chi connectivity index (χ0v) is 13.6. The van der Waals surface area contributed by atoms with Crippen molar-refractivity contribution in [3.05, 3.63) is 83.3 Å². The van der Waals surface area contributed by atoms with Gasteiger partial charge in [0, 0.05) is 24.6 Å². The highest BCUT2D eigenvalue weighted by Gasteiger charge is 2.25. The highest BCUT2D eigenvalue weighted by Crippen LogP contribution is 2.36. The molecule has 0 bridgehead atoms. The lowest BCUT2D eigenvalue weighted by atomic mass is 9.83. The van der Waals surface area contributed by atoms with Gasteiger partial charge in [-0.3, -0.25) is 0 Å². The van der Waals surface area contributed by atoms with Gasteiger partial charge in [0.15, 0.2) is 0 Å². The summed E-state index contributed by atoms with van der Waals surface area (Å²) in [6.45, 7) is 4.10. The summed E-state index contributed by atoms with van der Waals surface area (Å²) in [6.07, 6.45) is 1.77. The fourth-order valence-corrected chi connectivity index (χ4v) is 3.67. The summed E-state index contributed by atoms with van der Waals surface area (Å²) in [7, 11) is 2.20. The number of fused-ring (bicyclic) bond motifs is 1. The van der Waals surface area contributed by atoms with Gasteiger partial charge in [-0.25, -0.2) is 0 Å². The monoisotopic (exact) mass is 303 g/mol. The molecular formula is C21H21NO. The number of hydrogen-bond acceptors (Lipinski definition) is 2. The molecule has 2 nitrogen and oxygen atoms in total. The first-order valence-corrected chi connectivity index (χ1v) is 8.13. The van der Waals surface area contributed by atoms with Crippen molar-refractivity contribution in [1.29, 1.82) is 0 Å². The van der Waals surface area contributed by atoms with Crippen LogP contribution in [0, 0.1) is 6.92 Å². The van der Waals surface area contributed by atoms with Gasteiger partial charge in [0.25, 0.3) is 0 Å². The molecule has 0 spiro atoms. The van der Waals surface area contributed by atoms with Crippen LogP contribution in [-0.2, 0) is 6.54 Å². The summed E-state index contributed by atoms with van der Waals surface area (Å²) in [5.41, 5.74) is 6.71. The van der Waals surface area contributed by atoms with Crippen LogP contribution in [0.1, 0.15) is 28.4 Å². The van der Waals surface area contributed by atoms with Crippen molar-refractivity contribution in [3.8, 4) is 11.1 Å². The van der Waals surface area contributed by atoms with Crippen LogP contribution in [0.2, 0.25) is 0 Å². The second-order valence-corrected chi connectivity index (χ2v) is 6.46. The molecule has 2 heterocycles. The van der Waals surface area contributed by atoms with Crippen LogP contribution in [0.3, 0.4) is 0 Å². The molecule has 0 saturated heterocycles. The third-order valence-electron chi connectivity index (χ3n) is 4.82. The largest absolute Gasteiger partial charge is 0.469 e. The van der Waals surface area contributed by atoms with Crippen LogP contribution in [0.15, 0.2) is 65.3 Å². The van der Waals surface area contributed by atoms with Crippen LogP contribution >= 0.6 is 0 Å². The Balaban J connectivity index is 1.79. The molecule has 23 heavy (non-hydrogen) atoms. The average molecular weight is 303 g/mol. The number of hydrogen-bond donors (Lipinski definition) is 0. The molecule has 4 rings (SSSR count). The van der Waals surface area contributed by atoms with Gasteiger partial charge < -0.3 is 9.32 Å². The normalized spacial score (nSPS) is 17.9. The maximum absolute atomic E-state index is 5.46. The number of benzene rings is 2. The quantitative estimate of drug-likeness (QED) is 0.674. The predicted molar refractivity (Wildman–Crippen MR) is 93.5 cm³/mol. The third kappa shape index (κ3) is 2.60. The number of furan rings is 1. The molecule has 0 amide bonds. The second-order valence-electron chi connectivity index (χ2n) is 6.46. The van der Waals surface area contributed by atoms with E-state index in [1.165, 1.54) is 27.8 Å². The minimum atomic E-state index is 0.449. The van der Waals surface area contributed by atoms with E-state index in [1.54, 1.807) is 6.26 Å². The molecule has 1 aliphatic rings. The summed E-state index contributed by atoms with van der Waals surface area (Å²) >= 11 is 0. The number of rotatable bonds is 2. The van der Waals surface area contributed by atoms with Crippen LogP contribution < -0.4 is 0 Å². The minimum absolute atomic E-state index is 0.449. The predicted octanol–water partition coefficient (Wildman–Crippen LogP) is 4.83. The highest BCUT2D eigenvalue weighted by molar-refractivity contribution is 5.67. The first-order chi connectivity index (χ1) is 11.2. The van der Waals surface area contributed by atoms with E-state index in [1.807, 2.05) is 6.92 Å². The van der Waals surface area contributed by atoms with Crippen LogP contribution in [0.25, 0.3) is 11.1 Å². The van der Waals surface area contributed by atoms with Gasteiger partial charge >= 0.3 is 0 Å². The summed E-state index contributed by atoms with van der Waals surface area (Å²) in [6, 6.07) is 19.8. The van der Waals surface area contributed by atoms with E-state index in [2.05, 4.69) is 66.5 Å². The Labute approximate surface area is 137 Å². The molecule has 1 unspecified atom stereocenters. The summed E-state index contributed by atoms with van der Waals surface area (Å²) in [5, 5.41) is 0. The number of nitrogens with zero attached hydrogens (tertiary/aromatic N) is 1. The molecular weight excluding hydrogens is 282 g/mol. The zero-order chi connectivity index (χ0) is 15.8. The summed E-state index contributed by atoms with van der Waals surface area (Å²) in [4.78, 5) is 2.41. The van der Waals surface area contributed by atoms with Crippen molar-refractivity contribution >= 4 is 0 Å². The molecule has 0 saturated carbocycles. The highest BCUT2D eigenvalue weighted by atomic mass is 16.3. The first-order valence-electron chi connectivity index (χ1n) is 8.13. The molecule has 0 N–H and O–H groups in total. The fraction of sp³-hybridized carbons (Fsp3) is 0.238. The van der Waals surface area contributed by atoms with E-state index in [0.717, 1.165) is 18.8 Å². The van der Waals surface area contributed by atoms with Gasteiger partial charge in [0.2, 0.25) is 0 Å². The molecule has 0 fully saturated rings. The lowest BCUT2D eigenvalue weighted by molar-refractivity contribution is 0.295. The zero-order valence-electron chi connectivity index (χ0n) is 13.6. The lowest BCUT2D eigenvalue weighted by Crippen LogP contribution is -2.30. The molecule has 3 aromatic rings. The number of aryl methyl sites for hydroxylation is 1. The van der Waals surface area contributed by atoms with Crippen molar-refractivity contribution in [3.63, 3.8) is 0 Å². The molecule has 1 aliphatic heterocycles. The van der Waals surface area contributed by atoms with Gasteiger partial charge in [-0.2, -0.15) is 0 Å². The Kier molecular flexibility index (Phi) is 3.55. The Morgan fingerprint density at radius 3 is 2.61 bits per heavy atom. The SMILES string of the molecule is Cc1occc1-c1ccc2c(c1)CN(C)CC2c1ccccc1. The van der Waals surface area contributed by atoms with Crippen molar-refractivity contribution in [1.82, 2.24) is 4.90 Å². The summed E-state index contributed by atoms with van der Waals surface area (Å²) in [5.74, 6) is 1.43. The van der Waals surface area contributed by atoms with E-state index in [4.69, 9.17) is 4.42 Å². The van der Waals surface area contributed by atoms with Crippen molar-refractivity contribution in [2.24, 2.45) is 0 Å². The van der Waals surface area contributed by atoms with Gasteiger partial charge in [-0.1, -0.05) is 42.5 Å². The molecule has 1 aromatic heterocycles. The van der Waals surface area contributed by atoms with Crippen LogP contribution in [0.5, 0.6) is 0 Å². The third-order valence-corrected chi connectivity index (χ3v) is 4.82. The fourth-order valence-electron chi connectivity index (χ4n) is 3.67. The molecule has 116 valence electrons. The van der Waals surface area contributed by atoms with Crippen LogP contribution in [-0.4, -0.2) is 18.5 Å². The van der Waals surface area contributed by atoms with Crippen molar-refractivity contribution < 1.29 is 4.42 Å². The standard InChI is InChI=1S/C21H21NO/c1-15-19(10-11-23-15)17-8-9-20-18(12-17)13-22(2)14-21(20)16-6-4-3-5-7-16/h3-12,21H,13-14H2,1-2H3. The van der Waals surface area contributed by atoms with Gasteiger partial charge in [-0.05, 0) is 48.4 Å². The van der Waals surface area contributed by atoms with Crippen LogP contribution in [0.4, 0.5) is 0 Å². The smallest absolute Gasteiger partial charge is 0.108 e. The minimum Gasteiger partial charge on any atom is -0.469 e. The van der Waals surface area contributed by atoms with Crippen molar-refractivity contribution in [2.45, 2.75) is 19.4 Å². The lowest BCUT2D eigenvalue weighted by Gasteiger charge is -2.33. The Morgan fingerprint density at radius 2 is 1.87 bits per heavy atom. The Morgan fingerprint density at radius 1 is 1.04 bits per heavy atom. The average Bonchev–Trinajstić information content (AvgIpc) is 3.00. The molecule has 0 aliphatic carbocycles. The first kappa shape index (κ1) is 14.3. The van der Waals surface area contributed by atoms with Gasteiger partial charge in [0.1, 0.15) is 5.76 Å². The van der Waals surface area contributed by atoms with Gasteiger partial charge in [0.05, 0.1) is 6.26 Å². The van der Waals surface area contributed by atoms with E-state index in [-0.39, 0.29) is 0 Å². The molecule has 2 aromatic carbocycles. The Bertz CT molecular complexity index is 819. The Hall–Kier alpha value is -2.32. The van der Waals surface area contributed by atoms with Crippen molar-refractivity contribution in [2.75, 3.05) is 13.6 Å². The maximum Gasteiger partial charge on any atom is 0.108 e. The second kappa shape index (κ2) is 5.71. The summed E-state index contributed by atoms with van der Waals surface area (Å²) < 4.78 is 5.46. The van der Waals surface area contributed by atoms with Gasteiger partial charge in [-0.15, -0.1) is 0 Å². The van der Waals surface area contributed by atoms with E-state index in [0.29, 0.717) is 5.92 Å². The van der Waals surface area contributed by atoms with E-state index >= 15 is 0 Å². The molecule has 2 heteroatoms. The molecule has 0 radical (unpaired) electrons. The van der Waals surface area contributed by atoms with E-state index < -0.39 is 0 Å². The molecule has 1 atom stereocenters. The maximum atomic E-state index is 5.46.